The second kappa shape index (κ2) is 8.95. The number of alkyl halides is 9. The summed E-state index contributed by atoms with van der Waals surface area (Å²) in [7, 11) is 0.947. The summed E-state index contributed by atoms with van der Waals surface area (Å²) in [5, 5.41) is 19.9. The normalized spacial score (nSPS) is 15.7. The van der Waals surface area contributed by atoms with E-state index in [2.05, 4.69) is 4.98 Å². The summed E-state index contributed by atoms with van der Waals surface area (Å²) in [6.45, 7) is 0. The fourth-order valence-corrected chi connectivity index (χ4v) is 2.93. The third-order valence-corrected chi connectivity index (χ3v) is 4.42. The Balaban J connectivity index is 2.56. The molecular weight excluding hydrogens is 459 g/mol. The minimum atomic E-state index is -5.20. The molecule has 1 aromatic heterocycles. The fourth-order valence-electron chi connectivity index (χ4n) is 2.93. The van der Waals surface area contributed by atoms with Crippen molar-refractivity contribution < 1.29 is 49.4 Å². The number of methoxy groups -OCH3 is 1. The summed E-state index contributed by atoms with van der Waals surface area (Å²) >= 11 is 0. The number of hydrogen-bond acceptors (Lipinski definition) is 4. The molecule has 4 nitrogen and oxygen atoms in total. The van der Waals surface area contributed by atoms with Crippen LogP contribution < -0.4 is 0 Å². The Morgan fingerprint density at radius 2 is 1.41 bits per heavy atom. The SMILES string of the molecule is COC(c1ccnc(C(F)(F)F)c1)C(C#N)C(O)c1cc(C(F)(F)F)cc(C(F)(F)F)c1. The molecule has 1 aromatic carbocycles. The zero-order valence-corrected chi connectivity index (χ0v) is 15.8. The third-order valence-electron chi connectivity index (χ3n) is 4.42. The van der Waals surface area contributed by atoms with Gasteiger partial charge in [-0.05, 0) is 41.5 Å². The van der Waals surface area contributed by atoms with Crippen molar-refractivity contribution in [3.05, 3.63) is 64.5 Å². The van der Waals surface area contributed by atoms with Crippen LogP contribution in [0.2, 0.25) is 0 Å². The summed E-state index contributed by atoms with van der Waals surface area (Å²) in [5.74, 6) is -1.87. The molecule has 0 aliphatic carbocycles. The molecule has 1 heterocycles. The van der Waals surface area contributed by atoms with Crippen molar-refractivity contribution in [3.63, 3.8) is 0 Å². The topological polar surface area (TPSA) is 66.1 Å². The lowest BCUT2D eigenvalue weighted by molar-refractivity contribution is -0.143. The molecule has 1 N–H and O–H groups in total. The van der Waals surface area contributed by atoms with Gasteiger partial charge in [0, 0.05) is 13.3 Å². The van der Waals surface area contributed by atoms with Crippen LogP contribution >= 0.6 is 0 Å². The largest absolute Gasteiger partial charge is 0.433 e. The molecular formula is C19H13F9N2O2. The number of aliphatic hydroxyl groups is 1. The lowest BCUT2D eigenvalue weighted by atomic mass is 9.87. The van der Waals surface area contributed by atoms with Crippen LogP contribution in [0.15, 0.2) is 36.5 Å². The number of aliphatic hydroxyl groups excluding tert-OH is 1. The minimum Gasteiger partial charge on any atom is -0.387 e. The first-order valence-electron chi connectivity index (χ1n) is 8.52. The Bertz CT molecular complexity index is 962. The average molecular weight is 472 g/mol. The maximum absolute atomic E-state index is 13.1. The minimum absolute atomic E-state index is 0.163. The van der Waals surface area contributed by atoms with E-state index in [1.54, 1.807) is 0 Å². The second-order valence-corrected chi connectivity index (χ2v) is 6.57. The molecule has 0 radical (unpaired) electrons. The summed E-state index contributed by atoms with van der Waals surface area (Å²) in [5.41, 5.74) is -6.05. The third kappa shape index (κ3) is 5.68. The summed E-state index contributed by atoms with van der Waals surface area (Å²) in [6, 6.07) is 3.28. The molecule has 0 bridgehead atoms. The number of nitriles is 1. The van der Waals surface area contributed by atoms with Gasteiger partial charge in [0.2, 0.25) is 0 Å². The predicted octanol–water partition coefficient (Wildman–Crippen LogP) is 5.70. The average Bonchev–Trinajstić information content (AvgIpc) is 2.69. The number of rotatable bonds is 5. The molecule has 0 amide bonds. The number of ether oxygens (including phenoxy) is 1. The fraction of sp³-hybridized carbons (Fsp3) is 0.368. The van der Waals surface area contributed by atoms with Crippen molar-refractivity contribution in [1.82, 2.24) is 4.98 Å². The lowest BCUT2D eigenvalue weighted by Crippen LogP contribution is -2.23. The van der Waals surface area contributed by atoms with E-state index in [1.807, 2.05) is 0 Å². The van der Waals surface area contributed by atoms with E-state index in [0.717, 1.165) is 19.4 Å². The van der Waals surface area contributed by atoms with Crippen molar-refractivity contribution in [3.8, 4) is 6.07 Å². The molecule has 0 spiro atoms. The number of halogens is 9. The first-order valence-corrected chi connectivity index (χ1v) is 8.52. The Morgan fingerprint density at radius 1 is 0.875 bits per heavy atom. The van der Waals surface area contributed by atoms with Crippen LogP contribution in [0, 0.1) is 17.2 Å². The standard InChI is InChI=1S/C19H13F9N2O2/c1-32-16(9-2-3-30-14(6-9)19(26,27)28)13(8-29)15(31)10-4-11(17(20,21)22)7-12(5-10)18(23,24)25/h2-7,13,15-16,31H,1H3. The van der Waals surface area contributed by atoms with Gasteiger partial charge in [0.25, 0.3) is 0 Å². The van der Waals surface area contributed by atoms with Crippen LogP contribution in [0.1, 0.15) is 40.2 Å². The van der Waals surface area contributed by atoms with Crippen molar-refractivity contribution in [2.75, 3.05) is 7.11 Å². The maximum Gasteiger partial charge on any atom is 0.433 e. The lowest BCUT2D eigenvalue weighted by Gasteiger charge is -2.26. The molecule has 3 atom stereocenters. The number of aromatic nitrogens is 1. The van der Waals surface area contributed by atoms with E-state index >= 15 is 0 Å². The highest BCUT2D eigenvalue weighted by Crippen LogP contribution is 2.41. The number of nitrogens with zero attached hydrogens (tertiary/aromatic N) is 2. The Hall–Kier alpha value is -2.85. The van der Waals surface area contributed by atoms with Crippen molar-refractivity contribution >= 4 is 0 Å². The second-order valence-electron chi connectivity index (χ2n) is 6.57. The van der Waals surface area contributed by atoms with Crippen LogP contribution in [-0.4, -0.2) is 17.2 Å². The van der Waals surface area contributed by atoms with Gasteiger partial charge < -0.3 is 9.84 Å². The predicted molar refractivity (Wildman–Crippen MR) is 89.5 cm³/mol. The van der Waals surface area contributed by atoms with Gasteiger partial charge in [-0.15, -0.1) is 0 Å². The van der Waals surface area contributed by atoms with Gasteiger partial charge >= 0.3 is 18.5 Å². The molecule has 0 fully saturated rings. The van der Waals surface area contributed by atoms with Crippen LogP contribution in [-0.2, 0) is 23.3 Å². The van der Waals surface area contributed by atoms with Gasteiger partial charge in [-0.3, -0.25) is 4.98 Å². The molecule has 0 aliphatic heterocycles. The van der Waals surface area contributed by atoms with E-state index in [-0.39, 0.29) is 23.8 Å². The van der Waals surface area contributed by atoms with Gasteiger partial charge in [-0.25, -0.2) is 0 Å². The molecule has 0 saturated carbocycles. The molecule has 0 aliphatic rings. The van der Waals surface area contributed by atoms with E-state index in [4.69, 9.17) is 4.74 Å². The first kappa shape index (κ1) is 25.4. The molecule has 3 unspecified atom stereocenters. The van der Waals surface area contributed by atoms with Crippen LogP contribution in [0.3, 0.4) is 0 Å². The highest BCUT2D eigenvalue weighted by atomic mass is 19.4. The van der Waals surface area contributed by atoms with Gasteiger partial charge in [0.15, 0.2) is 0 Å². The zero-order valence-electron chi connectivity index (χ0n) is 15.8. The highest BCUT2D eigenvalue weighted by molar-refractivity contribution is 5.36. The van der Waals surface area contributed by atoms with E-state index in [1.165, 1.54) is 6.07 Å². The number of pyridine rings is 1. The van der Waals surface area contributed by atoms with Gasteiger partial charge in [-0.2, -0.15) is 44.8 Å². The smallest absolute Gasteiger partial charge is 0.387 e. The zero-order chi connectivity index (χ0) is 24.5. The quantitative estimate of drug-likeness (QED) is 0.568. The first-order chi connectivity index (χ1) is 14.6. The van der Waals surface area contributed by atoms with E-state index < -0.39 is 59.0 Å². The van der Waals surface area contributed by atoms with Gasteiger partial charge in [0.1, 0.15) is 17.7 Å². The van der Waals surface area contributed by atoms with Crippen molar-refractivity contribution in [1.29, 1.82) is 5.26 Å². The highest BCUT2D eigenvalue weighted by Gasteiger charge is 2.40. The Morgan fingerprint density at radius 3 is 1.81 bits per heavy atom. The number of benzene rings is 1. The van der Waals surface area contributed by atoms with E-state index in [9.17, 15) is 49.9 Å². The Kier molecular flexibility index (Phi) is 7.11. The summed E-state index contributed by atoms with van der Waals surface area (Å²) in [6.07, 6.45) is -18.5. The summed E-state index contributed by atoms with van der Waals surface area (Å²) < 4.78 is 122. The molecule has 2 rings (SSSR count). The van der Waals surface area contributed by atoms with Crippen LogP contribution in [0.25, 0.3) is 0 Å². The van der Waals surface area contributed by atoms with E-state index in [0.29, 0.717) is 6.07 Å². The molecule has 174 valence electrons. The maximum atomic E-state index is 13.1. The van der Waals surface area contributed by atoms with Gasteiger partial charge in [0.05, 0.1) is 23.3 Å². The van der Waals surface area contributed by atoms with Crippen molar-refractivity contribution in [2.45, 2.75) is 30.7 Å². The van der Waals surface area contributed by atoms with Crippen molar-refractivity contribution in [2.24, 2.45) is 5.92 Å². The number of hydrogen-bond donors (Lipinski definition) is 1. The molecule has 0 saturated heterocycles. The molecule has 2 aromatic rings. The molecule has 13 heteroatoms. The summed E-state index contributed by atoms with van der Waals surface area (Å²) in [4.78, 5) is 3.12. The van der Waals surface area contributed by atoms with Gasteiger partial charge in [-0.1, -0.05) is 0 Å². The Labute approximate surface area is 174 Å². The monoisotopic (exact) mass is 472 g/mol. The molecule has 32 heavy (non-hydrogen) atoms. The van der Waals surface area contributed by atoms with Crippen LogP contribution in [0.4, 0.5) is 39.5 Å². The van der Waals surface area contributed by atoms with Crippen LogP contribution in [0.5, 0.6) is 0 Å².